The maximum atomic E-state index is 14.5. The highest BCUT2D eigenvalue weighted by molar-refractivity contribution is 5.65. The molecule has 0 atom stereocenters. The van der Waals surface area contributed by atoms with Gasteiger partial charge in [-0.2, -0.15) is 4.39 Å². The second-order valence-corrected chi connectivity index (χ2v) is 8.13. The molecule has 4 rings (SSSR count). The molecule has 1 aliphatic carbocycles. The van der Waals surface area contributed by atoms with Crippen LogP contribution < -0.4 is 4.74 Å². The zero-order valence-corrected chi connectivity index (χ0v) is 18.0. The van der Waals surface area contributed by atoms with Crippen molar-refractivity contribution < 1.29 is 18.3 Å². The Labute approximate surface area is 182 Å². The Hall–Kier alpha value is -2.72. The van der Waals surface area contributed by atoms with Crippen LogP contribution in [0.1, 0.15) is 49.7 Å². The first-order valence-electron chi connectivity index (χ1n) is 10.9. The molecule has 0 saturated heterocycles. The number of hydrogen-bond acceptors (Lipinski definition) is 2. The van der Waals surface area contributed by atoms with Gasteiger partial charge < -0.3 is 9.47 Å². The highest BCUT2D eigenvalue weighted by atomic mass is 19.2. The number of hydrogen-bond donors (Lipinski definition) is 0. The molecular formula is C27H28F2O2. The van der Waals surface area contributed by atoms with Crippen LogP contribution in [0.5, 0.6) is 5.75 Å². The standard InChI is InChI=1S/C27H28F2O2/c1-3-31-24-14-13-23(25(28)26(24)29)21-11-9-19(10-12-21)20-15-17-27(30-2,18-16-20)22-7-5-4-6-8-22/h4-14,20H,3,15-18H2,1-2H3. The van der Waals surface area contributed by atoms with Crippen LogP contribution in [-0.4, -0.2) is 13.7 Å². The lowest BCUT2D eigenvalue weighted by atomic mass is 9.73. The molecule has 1 aliphatic rings. The lowest BCUT2D eigenvalue weighted by Crippen LogP contribution is -2.33. The van der Waals surface area contributed by atoms with Gasteiger partial charge in [0, 0.05) is 12.7 Å². The predicted octanol–water partition coefficient (Wildman–Crippen LogP) is 7.23. The van der Waals surface area contributed by atoms with E-state index in [-0.39, 0.29) is 16.9 Å². The van der Waals surface area contributed by atoms with E-state index in [4.69, 9.17) is 9.47 Å². The average Bonchev–Trinajstić information content (AvgIpc) is 2.83. The van der Waals surface area contributed by atoms with Gasteiger partial charge >= 0.3 is 0 Å². The molecule has 3 aromatic carbocycles. The monoisotopic (exact) mass is 422 g/mol. The Morgan fingerprint density at radius 2 is 1.55 bits per heavy atom. The van der Waals surface area contributed by atoms with Crippen molar-refractivity contribution in [3.8, 4) is 16.9 Å². The summed E-state index contributed by atoms with van der Waals surface area (Å²) in [6.45, 7) is 2.03. The Morgan fingerprint density at radius 1 is 0.871 bits per heavy atom. The SMILES string of the molecule is CCOc1ccc(-c2ccc(C3CCC(OC)(c4ccccc4)CC3)cc2)c(F)c1F. The molecule has 0 spiro atoms. The molecule has 1 fully saturated rings. The first-order chi connectivity index (χ1) is 15.1. The fraction of sp³-hybridized carbons (Fsp3) is 0.333. The van der Waals surface area contributed by atoms with Crippen LogP contribution >= 0.6 is 0 Å². The Kier molecular flexibility index (Phi) is 6.38. The third-order valence-electron chi connectivity index (χ3n) is 6.52. The number of rotatable bonds is 6. The first-order valence-corrected chi connectivity index (χ1v) is 10.9. The summed E-state index contributed by atoms with van der Waals surface area (Å²) in [6, 6.07) is 21.3. The number of halogens is 2. The zero-order chi connectivity index (χ0) is 21.8. The molecule has 0 radical (unpaired) electrons. The van der Waals surface area contributed by atoms with Crippen molar-refractivity contribution in [3.63, 3.8) is 0 Å². The summed E-state index contributed by atoms with van der Waals surface area (Å²) in [7, 11) is 1.80. The molecule has 1 saturated carbocycles. The molecule has 3 aromatic rings. The lowest BCUT2D eigenvalue weighted by Gasteiger charge is -2.39. The van der Waals surface area contributed by atoms with Gasteiger partial charge in [-0.05, 0) is 67.3 Å². The highest BCUT2D eigenvalue weighted by Gasteiger charge is 2.37. The van der Waals surface area contributed by atoms with Crippen LogP contribution in [0, 0.1) is 11.6 Å². The molecule has 0 unspecified atom stereocenters. The molecule has 0 amide bonds. The second kappa shape index (κ2) is 9.19. The van der Waals surface area contributed by atoms with E-state index in [1.165, 1.54) is 17.2 Å². The first kappa shape index (κ1) is 21.5. The third kappa shape index (κ3) is 4.22. The maximum absolute atomic E-state index is 14.5. The van der Waals surface area contributed by atoms with Gasteiger partial charge in [-0.1, -0.05) is 54.6 Å². The molecule has 0 bridgehead atoms. The molecule has 0 N–H and O–H groups in total. The van der Waals surface area contributed by atoms with Crippen molar-refractivity contribution in [1.82, 2.24) is 0 Å². The summed E-state index contributed by atoms with van der Waals surface area (Å²) in [5.41, 5.74) is 3.15. The maximum Gasteiger partial charge on any atom is 0.201 e. The topological polar surface area (TPSA) is 18.5 Å². The predicted molar refractivity (Wildman–Crippen MR) is 119 cm³/mol. The average molecular weight is 423 g/mol. The van der Waals surface area contributed by atoms with E-state index in [1.807, 2.05) is 30.3 Å². The van der Waals surface area contributed by atoms with Gasteiger partial charge in [-0.25, -0.2) is 4.39 Å². The van der Waals surface area contributed by atoms with E-state index in [1.54, 1.807) is 20.1 Å². The molecule has 0 aromatic heterocycles. The van der Waals surface area contributed by atoms with E-state index in [0.717, 1.165) is 25.7 Å². The normalized spacial score (nSPS) is 21.1. The number of benzene rings is 3. The van der Waals surface area contributed by atoms with Crippen LogP contribution in [0.15, 0.2) is 66.7 Å². The second-order valence-electron chi connectivity index (χ2n) is 8.13. The summed E-state index contributed by atoms with van der Waals surface area (Å²) >= 11 is 0. The summed E-state index contributed by atoms with van der Waals surface area (Å²) in [5, 5.41) is 0. The molecule has 0 heterocycles. The van der Waals surface area contributed by atoms with E-state index in [9.17, 15) is 8.78 Å². The van der Waals surface area contributed by atoms with E-state index in [0.29, 0.717) is 18.1 Å². The Bertz CT molecular complexity index is 1010. The summed E-state index contributed by atoms with van der Waals surface area (Å²) in [5.74, 6) is -1.43. The van der Waals surface area contributed by atoms with Gasteiger partial charge in [0.2, 0.25) is 5.82 Å². The minimum absolute atomic E-state index is 0.0531. The fourth-order valence-electron chi connectivity index (χ4n) is 4.73. The lowest BCUT2D eigenvalue weighted by molar-refractivity contribution is -0.0482. The van der Waals surface area contributed by atoms with Crippen molar-refractivity contribution in [2.24, 2.45) is 0 Å². The third-order valence-corrected chi connectivity index (χ3v) is 6.52. The highest BCUT2D eigenvalue weighted by Crippen LogP contribution is 2.45. The molecule has 0 aliphatic heterocycles. The fourth-order valence-corrected chi connectivity index (χ4v) is 4.73. The van der Waals surface area contributed by atoms with Gasteiger partial charge in [-0.15, -0.1) is 0 Å². The van der Waals surface area contributed by atoms with Crippen LogP contribution in [0.4, 0.5) is 8.78 Å². The summed E-state index contributed by atoms with van der Waals surface area (Å²) in [6.07, 6.45) is 3.96. The quantitative estimate of drug-likeness (QED) is 0.417. The van der Waals surface area contributed by atoms with Gasteiger partial charge in [0.15, 0.2) is 11.6 Å². The van der Waals surface area contributed by atoms with Gasteiger partial charge in [0.1, 0.15) is 0 Å². The van der Waals surface area contributed by atoms with Crippen molar-refractivity contribution >= 4 is 0 Å². The minimum atomic E-state index is -0.937. The summed E-state index contributed by atoms with van der Waals surface area (Å²) < 4.78 is 39.9. The van der Waals surface area contributed by atoms with E-state index >= 15 is 0 Å². The molecule has 31 heavy (non-hydrogen) atoms. The smallest absolute Gasteiger partial charge is 0.201 e. The zero-order valence-electron chi connectivity index (χ0n) is 18.0. The molecule has 2 nitrogen and oxygen atoms in total. The largest absolute Gasteiger partial charge is 0.491 e. The van der Waals surface area contributed by atoms with Crippen LogP contribution in [0.3, 0.4) is 0 Å². The van der Waals surface area contributed by atoms with E-state index < -0.39 is 11.6 Å². The van der Waals surface area contributed by atoms with Crippen LogP contribution in [-0.2, 0) is 10.3 Å². The van der Waals surface area contributed by atoms with Crippen LogP contribution in [0.25, 0.3) is 11.1 Å². The molecule has 162 valence electrons. The van der Waals surface area contributed by atoms with Crippen molar-refractivity contribution in [1.29, 1.82) is 0 Å². The van der Waals surface area contributed by atoms with Crippen molar-refractivity contribution in [2.45, 2.75) is 44.1 Å². The van der Waals surface area contributed by atoms with Crippen molar-refractivity contribution in [3.05, 3.63) is 89.5 Å². The van der Waals surface area contributed by atoms with Crippen molar-refractivity contribution in [2.75, 3.05) is 13.7 Å². The van der Waals surface area contributed by atoms with Gasteiger partial charge in [-0.3, -0.25) is 0 Å². The van der Waals surface area contributed by atoms with Gasteiger partial charge in [0.25, 0.3) is 0 Å². The Balaban J connectivity index is 1.49. The molecule has 4 heteroatoms. The number of ether oxygens (including phenoxy) is 2. The number of methoxy groups -OCH3 is 1. The molecular weight excluding hydrogens is 394 g/mol. The summed E-state index contributed by atoms with van der Waals surface area (Å²) in [4.78, 5) is 0. The van der Waals surface area contributed by atoms with Gasteiger partial charge in [0.05, 0.1) is 12.2 Å². The minimum Gasteiger partial charge on any atom is -0.491 e. The van der Waals surface area contributed by atoms with E-state index in [2.05, 4.69) is 24.3 Å². The van der Waals surface area contributed by atoms with Crippen LogP contribution in [0.2, 0.25) is 0 Å². The Morgan fingerprint density at radius 3 is 2.16 bits per heavy atom.